The summed E-state index contributed by atoms with van der Waals surface area (Å²) in [5.74, 6) is -1.24. The van der Waals surface area contributed by atoms with Gasteiger partial charge in [-0.25, -0.2) is 25.2 Å². The first kappa shape index (κ1) is 24.1. The maximum Gasteiger partial charge on any atom is 0.372 e. The molecule has 1 rings (SSSR count). The molecule has 16 heteroatoms. The topological polar surface area (TPSA) is 151 Å². The maximum absolute atomic E-state index is 11.7. The van der Waals surface area contributed by atoms with Crippen LogP contribution in [0.25, 0.3) is 0 Å². The molecule has 0 spiro atoms. The van der Waals surface area contributed by atoms with Crippen molar-refractivity contribution in [3.05, 3.63) is 23.8 Å². The lowest BCUT2D eigenvalue weighted by Crippen LogP contribution is -2.55. The lowest BCUT2D eigenvalue weighted by Gasteiger charge is -2.32. The van der Waals surface area contributed by atoms with Gasteiger partial charge in [0.05, 0.1) is 15.5 Å². The Morgan fingerprint density at radius 2 is 1.31 bits per heavy atom. The van der Waals surface area contributed by atoms with Crippen LogP contribution in [0, 0.1) is 0 Å². The number of carboxylic acid groups (broad SMARTS) is 1. The number of nitrogens with one attached hydrogen (secondary N) is 4. The Morgan fingerprint density at radius 1 is 0.862 bits per heavy atom. The van der Waals surface area contributed by atoms with Gasteiger partial charge in [0.1, 0.15) is 11.4 Å². The van der Waals surface area contributed by atoms with Crippen LogP contribution in [0.2, 0.25) is 0 Å². The first-order chi connectivity index (χ1) is 13.6. The molecule has 0 aliphatic rings. The first-order valence-electron chi connectivity index (χ1n) is 7.39. The minimum absolute atomic E-state index is 0.0227. The summed E-state index contributed by atoms with van der Waals surface area (Å²) in [4.78, 5) is 35.3. The van der Waals surface area contributed by atoms with Crippen molar-refractivity contribution in [1.82, 2.24) is 21.7 Å². The third-order valence-electron chi connectivity index (χ3n) is 2.82. The van der Waals surface area contributed by atoms with E-state index in [2.05, 4.69) is 55.3 Å². The van der Waals surface area contributed by atoms with Gasteiger partial charge in [0.25, 0.3) is 0 Å². The molecule has 0 radical (unpaired) electrons. The number of carbonyl (C=O) groups is 3. The molecule has 0 bridgehead atoms. The Kier molecular flexibility index (Phi) is 9.26. The molecule has 154 valence electrons. The molecule has 0 heterocycles. The van der Waals surface area contributed by atoms with Crippen molar-refractivity contribution in [2.24, 2.45) is 8.73 Å². The van der Waals surface area contributed by atoms with Crippen LogP contribution >= 0.6 is 24.4 Å². The van der Waals surface area contributed by atoms with Crippen LogP contribution in [0.4, 0.5) is 21.0 Å². The summed E-state index contributed by atoms with van der Waals surface area (Å²) in [6.45, 7) is 3.04. The van der Waals surface area contributed by atoms with Gasteiger partial charge in [-0.2, -0.15) is 10.2 Å². The molecule has 4 amide bonds. The number of nitrogens with zero attached hydrogens (tertiary/aromatic N) is 4. The number of thiocarbonyl (C=S) groups is 2. The SMILES string of the molecule is CC(=S)NN(NC(=O)N=S)c1ccc(C(=O)O)cc1N(NC(=O)N=S)NC(C)=S. The standard InChI is InChI=1S/C13H14N8O4S4/c1-6(26)14-20(16-12(24)18-28)9-4-3-8(11(22)23)5-10(9)21(15-7(2)27)17-13(25)19-29/h3-5H,1-2H3,(H,14,26)(H,15,27)(H,16,24)(H,17,25)(H,22,23). The molecular weight excluding hydrogens is 460 g/mol. The second-order valence-electron chi connectivity index (χ2n) is 5.03. The van der Waals surface area contributed by atoms with Crippen LogP contribution in [0.1, 0.15) is 24.2 Å². The van der Waals surface area contributed by atoms with Crippen molar-refractivity contribution in [2.45, 2.75) is 13.8 Å². The molecule has 29 heavy (non-hydrogen) atoms. The molecule has 1 aromatic rings. The number of aromatic carboxylic acids is 1. The smallest absolute Gasteiger partial charge is 0.372 e. The zero-order valence-corrected chi connectivity index (χ0v) is 18.1. The molecule has 0 unspecified atom stereocenters. The van der Waals surface area contributed by atoms with E-state index in [0.717, 1.165) is 10.2 Å². The number of carbonyl (C=O) groups excluding carboxylic acids is 2. The van der Waals surface area contributed by atoms with Crippen LogP contribution in [0.15, 0.2) is 26.9 Å². The lowest BCUT2D eigenvalue weighted by molar-refractivity contribution is 0.0697. The number of hydrazine groups is 4. The Balaban J connectivity index is 3.62. The number of hydrogen-bond donors (Lipinski definition) is 5. The second kappa shape index (κ2) is 11.1. The number of rotatable bonds is 7. The van der Waals surface area contributed by atoms with Crippen LogP contribution in [-0.4, -0.2) is 33.1 Å². The van der Waals surface area contributed by atoms with Gasteiger partial charge in [-0.05, 0) is 32.0 Å². The predicted molar refractivity (Wildman–Crippen MR) is 118 cm³/mol. The average molecular weight is 475 g/mol. The number of anilines is 2. The summed E-state index contributed by atoms with van der Waals surface area (Å²) in [5, 5.41) is 11.3. The molecule has 0 fully saturated rings. The normalized spacial score (nSPS) is 9.45. The fraction of sp³-hybridized carbons (Fsp3) is 0.154. The first-order valence-corrected chi connectivity index (χ1v) is 8.93. The van der Waals surface area contributed by atoms with Gasteiger partial charge in [0.15, 0.2) is 0 Å². The Labute approximate surface area is 186 Å². The lowest BCUT2D eigenvalue weighted by atomic mass is 10.1. The number of urea groups is 2. The predicted octanol–water partition coefficient (Wildman–Crippen LogP) is 1.41. The van der Waals surface area contributed by atoms with Crippen LogP contribution in [0.3, 0.4) is 0 Å². The number of benzene rings is 1. The molecular formula is C13H14N8O4S4. The quantitative estimate of drug-likeness (QED) is 0.287. The highest BCUT2D eigenvalue weighted by atomic mass is 32.1. The second-order valence-corrected chi connectivity index (χ2v) is 6.62. The van der Waals surface area contributed by atoms with E-state index in [9.17, 15) is 19.5 Å². The third kappa shape index (κ3) is 7.53. The molecule has 0 saturated heterocycles. The van der Waals surface area contributed by atoms with Gasteiger partial charge in [0, 0.05) is 24.9 Å². The van der Waals surface area contributed by atoms with Crippen molar-refractivity contribution in [1.29, 1.82) is 0 Å². The molecule has 12 nitrogen and oxygen atoms in total. The third-order valence-corrected chi connectivity index (χ3v) is 3.34. The minimum atomic E-state index is -1.24. The van der Waals surface area contributed by atoms with E-state index in [1.54, 1.807) is 0 Å². The van der Waals surface area contributed by atoms with Crippen LogP contribution in [-0.2, 0) is 24.9 Å². The largest absolute Gasteiger partial charge is 0.478 e. The number of hydrogen-bond acceptors (Lipinski definition) is 9. The summed E-state index contributed by atoms with van der Waals surface area (Å²) in [7, 11) is 0. The zero-order chi connectivity index (χ0) is 22.1. The van der Waals surface area contributed by atoms with Gasteiger partial charge in [0.2, 0.25) is 0 Å². The van der Waals surface area contributed by atoms with Gasteiger partial charge in [-0.15, -0.1) is 8.73 Å². The van der Waals surface area contributed by atoms with Crippen molar-refractivity contribution >= 4 is 88.7 Å². The molecule has 0 aliphatic heterocycles. The minimum Gasteiger partial charge on any atom is -0.478 e. The summed E-state index contributed by atoms with van der Waals surface area (Å²) >= 11 is 18.7. The van der Waals surface area contributed by atoms with Gasteiger partial charge in [-0.3, -0.25) is 10.9 Å². The highest BCUT2D eigenvalue weighted by Gasteiger charge is 2.22. The van der Waals surface area contributed by atoms with Crippen molar-refractivity contribution in [3.63, 3.8) is 0 Å². The van der Waals surface area contributed by atoms with Gasteiger partial charge >= 0.3 is 18.0 Å². The number of amides is 4. The van der Waals surface area contributed by atoms with E-state index >= 15 is 0 Å². The molecule has 1 aromatic carbocycles. The van der Waals surface area contributed by atoms with E-state index < -0.39 is 18.0 Å². The maximum atomic E-state index is 11.7. The fourth-order valence-corrected chi connectivity index (χ4v) is 2.13. The van der Waals surface area contributed by atoms with Crippen molar-refractivity contribution in [2.75, 3.05) is 10.2 Å². The van der Waals surface area contributed by atoms with Crippen LogP contribution < -0.4 is 31.9 Å². The van der Waals surface area contributed by atoms with Gasteiger partial charge < -0.3 is 5.11 Å². The van der Waals surface area contributed by atoms with Gasteiger partial charge in [-0.1, -0.05) is 24.4 Å². The molecule has 0 atom stereocenters. The monoisotopic (exact) mass is 474 g/mol. The Morgan fingerprint density at radius 3 is 1.69 bits per heavy atom. The summed E-state index contributed by atoms with van der Waals surface area (Å²) in [5.41, 5.74) is 9.90. The molecule has 5 N–H and O–H groups in total. The molecule has 0 aromatic heterocycles. The van der Waals surface area contributed by atoms with E-state index in [1.165, 1.54) is 32.0 Å². The zero-order valence-electron chi connectivity index (χ0n) is 14.8. The average Bonchev–Trinajstić information content (AvgIpc) is 2.65. The van der Waals surface area contributed by atoms with E-state index in [4.69, 9.17) is 24.4 Å². The summed E-state index contributed by atoms with van der Waals surface area (Å²) in [6.07, 6.45) is 0. The fourth-order valence-electron chi connectivity index (χ4n) is 1.87. The van der Waals surface area contributed by atoms with E-state index in [1.807, 2.05) is 0 Å². The highest BCUT2D eigenvalue weighted by molar-refractivity contribution is 7.80. The van der Waals surface area contributed by atoms with Crippen LogP contribution in [0.5, 0.6) is 0 Å². The van der Waals surface area contributed by atoms with Crippen molar-refractivity contribution < 1.29 is 19.5 Å². The Bertz CT molecular complexity index is 880. The van der Waals surface area contributed by atoms with E-state index in [0.29, 0.717) is 0 Å². The highest BCUT2D eigenvalue weighted by Crippen LogP contribution is 2.28. The van der Waals surface area contributed by atoms with E-state index in [-0.39, 0.29) is 26.9 Å². The molecule has 0 aliphatic carbocycles. The summed E-state index contributed by atoms with van der Waals surface area (Å²) in [6, 6.07) is 1.93. The van der Waals surface area contributed by atoms with Crippen molar-refractivity contribution in [3.8, 4) is 0 Å². The summed E-state index contributed by atoms with van der Waals surface area (Å²) < 4.78 is 6.10. The number of carboxylic acids is 1. The molecule has 0 saturated carbocycles. The Hall–Kier alpha value is -2.95.